The molecular weight excluding hydrogens is 422 g/mol. The largest absolute Gasteiger partial charge is 0.344 e. The second kappa shape index (κ2) is 9.73. The van der Waals surface area contributed by atoms with Gasteiger partial charge in [-0.25, -0.2) is 0 Å². The Balaban J connectivity index is 1.60. The van der Waals surface area contributed by atoms with Crippen molar-refractivity contribution in [3.63, 3.8) is 0 Å². The molecule has 1 aliphatic heterocycles. The highest BCUT2D eigenvalue weighted by Crippen LogP contribution is 2.28. The van der Waals surface area contributed by atoms with Crippen LogP contribution >= 0.6 is 11.8 Å². The summed E-state index contributed by atoms with van der Waals surface area (Å²) in [5.74, 6) is 1.63. The zero-order valence-corrected chi connectivity index (χ0v) is 19.5. The molecule has 3 heterocycles. The van der Waals surface area contributed by atoms with E-state index in [1.54, 1.807) is 16.7 Å². The lowest BCUT2D eigenvalue weighted by Gasteiger charge is -2.30. The first-order valence-corrected chi connectivity index (χ1v) is 12.4. The molecule has 2 amide bonds. The van der Waals surface area contributed by atoms with Crippen molar-refractivity contribution in [2.24, 2.45) is 5.92 Å². The van der Waals surface area contributed by atoms with E-state index in [0.29, 0.717) is 24.4 Å². The minimum Gasteiger partial charge on any atom is -0.344 e. The van der Waals surface area contributed by atoms with E-state index in [1.165, 1.54) is 0 Å². The normalized spacial score (nSPS) is 15.2. The number of amides is 2. The molecule has 0 spiro atoms. The monoisotopic (exact) mass is 451 g/mol. The van der Waals surface area contributed by atoms with Gasteiger partial charge in [0.05, 0.1) is 6.04 Å². The Labute approximate surface area is 192 Å². The molecule has 2 aromatic heterocycles. The highest BCUT2D eigenvalue weighted by Gasteiger charge is 2.37. The standard InChI is InChI=1S/C24H29N5O2S/c1-16(2)14-20(29-15-17-8-4-5-9-18(17)24(29)31)23(30)25-19(11-13-32-3)22-27-26-21-10-6-7-12-28(21)22/h4-10,12,16,19-20H,11,13-15H2,1-3H3,(H,25,30). The molecule has 0 bridgehead atoms. The Bertz CT molecular complexity index is 1110. The Morgan fingerprint density at radius 3 is 2.69 bits per heavy atom. The molecule has 1 N–H and O–H groups in total. The summed E-state index contributed by atoms with van der Waals surface area (Å²) in [5, 5.41) is 11.8. The fourth-order valence-corrected chi connectivity index (χ4v) is 4.69. The summed E-state index contributed by atoms with van der Waals surface area (Å²) in [6.07, 6.45) is 5.28. The first kappa shape index (κ1) is 22.3. The first-order valence-electron chi connectivity index (χ1n) is 11.0. The second-order valence-electron chi connectivity index (χ2n) is 8.57. The van der Waals surface area contributed by atoms with Crippen molar-refractivity contribution in [3.8, 4) is 0 Å². The second-order valence-corrected chi connectivity index (χ2v) is 9.55. The number of thioether (sulfide) groups is 1. The maximum absolute atomic E-state index is 13.6. The molecule has 4 rings (SSSR count). The predicted octanol–water partition coefficient (Wildman–Crippen LogP) is 3.71. The molecule has 8 heteroatoms. The van der Waals surface area contributed by atoms with Crippen molar-refractivity contribution in [2.75, 3.05) is 12.0 Å². The number of hydrogen-bond acceptors (Lipinski definition) is 5. The van der Waals surface area contributed by atoms with E-state index in [4.69, 9.17) is 0 Å². The molecule has 32 heavy (non-hydrogen) atoms. The number of fused-ring (bicyclic) bond motifs is 2. The number of hydrogen-bond donors (Lipinski definition) is 1. The van der Waals surface area contributed by atoms with Gasteiger partial charge in [-0.2, -0.15) is 11.8 Å². The molecular formula is C24H29N5O2S. The van der Waals surface area contributed by atoms with Crippen molar-refractivity contribution >= 4 is 29.2 Å². The topological polar surface area (TPSA) is 79.6 Å². The van der Waals surface area contributed by atoms with Gasteiger partial charge in [-0.3, -0.25) is 14.0 Å². The summed E-state index contributed by atoms with van der Waals surface area (Å²) in [6.45, 7) is 4.61. The van der Waals surface area contributed by atoms with Gasteiger partial charge in [-0.05, 0) is 54.5 Å². The van der Waals surface area contributed by atoms with Crippen molar-refractivity contribution in [2.45, 2.75) is 45.3 Å². The quantitative estimate of drug-likeness (QED) is 0.537. The van der Waals surface area contributed by atoms with Crippen molar-refractivity contribution < 1.29 is 9.59 Å². The fourth-order valence-electron chi connectivity index (χ4n) is 4.22. The van der Waals surface area contributed by atoms with E-state index < -0.39 is 6.04 Å². The minimum absolute atomic E-state index is 0.0741. The van der Waals surface area contributed by atoms with Gasteiger partial charge in [0, 0.05) is 18.3 Å². The maximum Gasteiger partial charge on any atom is 0.255 e. The molecule has 0 aliphatic carbocycles. The third-order valence-corrected chi connectivity index (χ3v) is 6.45. The van der Waals surface area contributed by atoms with Crippen LogP contribution in [0.15, 0.2) is 48.7 Å². The van der Waals surface area contributed by atoms with Crippen LogP contribution in [0.3, 0.4) is 0 Å². The van der Waals surface area contributed by atoms with E-state index in [0.717, 1.165) is 23.4 Å². The lowest BCUT2D eigenvalue weighted by atomic mass is 10.0. The van der Waals surface area contributed by atoms with Crippen molar-refractivity contribution in [3.05, 3.63) is 65.6 Å². The molecule has 3 aromatic rings. The smallest absolute Gasteiger partial charge is 0.255 e. The zero-order valence-electron chi connectivity index (χ0n) is 18.7. The Hall–Kier alpha value is -2.87. The number of nitrogens with one attached hydrogen (secondary N) is 1. The van der Waals surface area contributed by atoms with Crippen LogP contribution in [0.1, 0.15) is 54.5 Å². The molecule has 7 nitrogen and oxygen atoms in total. The van der Waals surface area contributed by atoms with E-state index in [2.05, 4.69) is 29.4 Å². The van der Waals surface area contributed by atoms with Gasteiger partial charge in [0.1, 0.15) is 6.04 Å². The average Bonchev–Trinajstić information content (AvgIpc) is 3.36. The van der Waals surface area contributed by atoms with Crippen LogP contribution in [0.4, 0.5) is 0 Å². The molecule has 0 radical (unpaired) electrons. The molecule has 0 fully saturated rings. The van der Waals surface area contributed by atoms with Crippen LogP contribution in [0.5, 0.6) is 0 Å². The number of rotatable bonds is 9. The van der Waals surface area contributed by atoms with Crippen LogP contribution in [0, 0.1) is 5.92 Å². The fraction of sp³-hybridized carbons (Fsp3) is 0.417. The molecule has 0 saturated carbocycles. The van der Waals surface area contributed by atoms with Crippen LogP contribution in [-0.2, 0) is 11.3 Å². The number of carbonyl (C=O) groups excluding carboxylic acids is 2. The third kappa shape index (κ3) is 4.50. The molecule has 0 saturated heterocycles. The van der Waals surface area contributed by atoms with Gasteiger partial charge in [-0.1, -0.05) is 38.1 Å². The lowest BCUT2D eigenvalue weighted by molar-refractivity contribution is -0.127. The highest BCUT2D eigenvalue weighted by atomic mass is 32.2. The predicted molar refractivity (Wildman–Crippen MR) is 126 cm³/mol. The van der Waals surface area contributed by atoms with Crippen molar-refractivity contribution in [1.82, 2.24) is 24.8 Å². The summed E-state index contributed by atoms with van der Waals surface area (Å²) < 4.78 is 1.92. The summed E-state index contributed by atoms with van der Waals surface area (Å²) >= 11 is 1.72. The Morgan fingerprint density at radius 1 is 1.16 bits per heavy atom. The van der Waals surface area contributed by atoms with Crippen LogP contribution < -0.4 is 5.32 Å². The summed E-state index contributed by atoms with van der Waals surface area (Å²) in [5.41, 5.74) is 2.41. The molecule has 2 atom stereocenters. The van der Waals surface area contributed by atoms with Gasteiger partial charge in [0.15, 0.2) is 11.5 Å². The average molecular weight is 452 g/mol. The van der Waals surface area contributed by atoms with Crippen LogP contribution in [0.25, 0.3) is 5.65 Å². The molecule has 1 aliphatic rings. The zero-order chi connectivity index (χ0) is 22.7. The lowest BCUT2D eigenvalue weighted by Crippen LogP contribution is -2.49. The number of benzene rings is 1. The van der Waals surface area contributed by atoms with Gasteiger partial charge < -0.3 is 10.2 Å². The highest BCUT2D eigenvalue weighted by molar-refractivity contribution is 7.98. The Morgan fingerprint density at radius 2 is 1.94 bits per heavy atom. The minimum atomic E-state index is -0.536. The first-order chi connectivity index (χ1) is 15.5. The van der Waals surface area contributed by atoms with Gasteiger partial charge >= 0.3 is 0 Å². The summed E-state index contributed by atoms with van der Waals surface area (Å²) in [4.78, 5) is 28.4. The van der Waals surface area contributed by atoms with Crippen LogP contribution in [0.2, 0.25) is 0 Å². The van der Waals surface area contributed by atoms with E-state index in [9.17, 15) is 9.59 Å². The van der Waals surface area contributed by atoms with E-state index in [-0.39, 0.29) is 23.8 Å². The van der Waals surface area contributed by atoms with E-state index >= 15 is 0 Å². The number of aromatic nitrogens is 3. The molecule has 168 valence electrons. The van der Waals surface area contributed by atoms with Crippen LogP contribution in [-0.4, -0.2) is 49.4 Å². The van der Waals surface area contributed by atoms with Gasteiger partial charge in [-0.15, -0.1) is 10.2 Å². The van der Waals surface area contributed by atoms with Crippen molar-refractivity contribution in [1.29, 1.82) is 0 Å². The van der Waals surface area contributed by atoms with E-state index in [1.807, 2.05) is 59.3 Å². The Kier molecular flexibility index (Phi) is 6.79. The maximum atomic E-state index is 13.6. The summed E-state index contributed by atoms with van der Waals surface area (Å²) in [6, 6.07) is 12.5. The van der Waals surface area contributed by atoms with Gasteiger partial charge in [0.2, 0.25) is 5.91 Å². The molecule has 1 aromatic carbocycles. The molecule has 2 unspecified atom stereocenters. The summed E-state index contributed by atoms with van der Waals surface area (Å²) in [7, 11) is 0. The SMILES string of the molecule is CSCCC(NC(=O)C(CC(C)C)N1Cc2ccccc2C1=O)c1nnc2ccccn12. The third-order valence-electron chi connectivity index (χ3n) is 5.80. The van der Waals surface area contributed by atoms with Gasteiger partial charge in [0.25, 0.3) is 5.91 Å². The number of carbonyl (C=O) groups is 2. The number of pyridine rings is 1. The number of nitrogens with zero attached hydrogens (tertiary/aromatic N) is 4.